The predicted molar refractivity (Wildman–Crippen MR) is 361 cm³/mol. The fourth-order valence-electron chi connectivity index (χ4n) is 7.53. The SMILES string of the molecule is CC/C=C\C/C=C\C/C=C\C/C=C\C/C=C\C/C=C\C/C=C\C/C=C\C/C=C\CCCCCCCC(=O)OCC(COC(=O)CC/C=C\C/C=C\C/C=C\C/C=C\CC)OC(=O)CC/C=C\C/C=C\C/C=C\C/C=C\C/C=C\C/C=C\CC. The fourth-order valence-corrected chi connectivity index (χ4v) is 7.53. The number of carbonyl (C=O) groups is 3. The Morgan fingerprint density at radius 3 is 0.747 bits per heavy atom. The molecule has 0 aliphatic carbocycles. The molecule has 6 heteroatoms. The van der Waals surface area contributed by atoms with Gasteiger partial charge >= 0.3 is 17.9 Å². The van der Waals surface area contributed by atoms with Crippen LogP contribution in [0.15, 0.2) is 231 Å². The summed E-state index contributed by atoms with van der Waals surface area (Å²) < 4.78 is 16.7. The van der Waals surface area contributed by atoms with Crippen LogP contribution in [0.1, 0.15) is 213 Å². The van der Waals surface area contributed by atoms with Crippen molar-refractivity contribution in [2.75, 3.05) is 13.2 Å². The van der Waals surface area contributed by atoms with E-state index in [0.717, 1.165) is 161 Å². The van der Waals surface area contributed by atoms with Crippen LogP contribution in [-0.4, -0.2) is 37.2 Å². The Balaban J connectivity index is 4.51. The molecule has 83 heavy (non-hydrogen) atoms. The summed E-state index contributed by atoms with van der Waals surface area (Å²) in [6.07, 6.45) is 108. The van der Waals surface area contributed by atoms with Gasteiger partial charge in [-0.05, 0) is 154 Å². The lowest BCUT2D eigenvalue weighted by molar-refractivity contribution is -0.166. The molecule has 0 aliphatic heterocycles. The third kappa shape index (κ3) is 66.2. The second-order valence-electron chi connectivity index (χ2n) is 19.8. The quantitative estimate of drug-likeness (QED) is 0.0261. The standard InChI is InChI=1S/C77H112O6/c1-4-7-10-13-16-19-22-25-27-29-31-32-33-34-35-36-37-38-39-40-41-42-43-44-46-47-49-52-55-58-61-64-67-70-76(79)82-73-74(72-81-75(78)69-66-63-60-57-54-51-24-21-18-15-12-9-6-3)83-77(80)71-68-65-62-59-56-53-50-48-45-30-28-26-23-20-17-14-11-8-5-2/h7-12,16-21,25-28,31-32,34-35,37-38,40-41,43-45,47-49,51,53-54,56,60,62-63,65,74H,4-6,13-15,22-24,29-30,33,36,39,42,46,50,52,55,57-59,61,64,66-73H2,1-3H3/b10-7-,11-8-,12-9-,19-16-,20-17-,21-18-,27-25-,28-26-,32-31-,35-34-,38-37-,41-40-,44-43-,48-45-,49-47-,54-51-,56-53-,63-60-,65-62-. The second kappa shape index (κ2) is 68.0. The van der Waals surface area contributed by atoms with Crippen LogP contribution in [0, 0.1) is 0 Å². The first-order valence-electron chi connectivity index (χ1n) is 31.9. The average molecular weight is 1130 g/mol. The maximum absolute atomic E-state index is 12.9. The summed E-state index contributed by atoms with van der Waals surface area (Å²) >= 11 is 0. The number of hydrogen-bond donors (Lipinski definition) is 0. The summed E-state index contributed by atoms with van der Waals surface area (Å²) in [6, 6.07) is 0. The van der Waals surface area contributed by atoms with Crippen LogP contribution >= 0.6 is 0 Å². The molecule has 0 aromatic heterocycles. The molecule has 0 heterocycles. The maximum Gasteiger partial charge on any atom is 0.306 e. The summed E-state index contributed by atoms with van der Waals surface area (Å²) in [7, 11) is 0. The predicted octanol–water partition coefficient (Wildman–Crippen LogP) is 22.3. The topological polar surface area (TPSA) is 78.9 Å². The molecule has 0 fully saturated rings. The van der Waals surface area contributed by atoms with Gasteiger partial charge in [-0.2, -0.15) is 0 Å². The van der Waals surface area contributed by atoms with Crippen molar-refractivity contribution in [1.29, 1.82) is 0 Å². The van der Waals surface area contributed by atoms with Crippen LogP contribution in [0.5, 0.6) is 0 Å². The Bertz CT molecular complexity index is 2130. The van der Waals surface area contributed by atoms with Crippen molar-refractivity contribution in [3.8, 4) is 0 Å². The molecule has 0 rings (SSSR count). The van der Waals surface area contributed by atoms with Gasteiger partial charge in [-0.15, -0.1) is 0 Å². The molecule has 0 radical (unpaired) electrons. The van der Waals surface area contributed by atoms with E-state index in [0.29, 0.717) is 19.3 Å². The lowest BCUT2D eigenvalue weighted by atomic mass is 10.1. The second-order valence-corrected chi connectivity index (χ2v) is 19.8. The lowest BCUT2D eigenvalue weighted by Crippen LogP contribution is -2.30. The van der Waals surface area contributed by atoms with Crippen LogP contribution in [0.4, 0.5) is 0 Å². The first kappa shape index (κ1) is 76.5. The van der Waals surface area contributed by atoms with E-state index >= 15 is 0 Å². The molecule has 1 atom stereocenters. The zero-order valence-corrected chi connectivity index (χ0v) is 52.1. The number of carbonyl (C=O) groups excluding carboxylic acids is 3. The molecule has 456 valence electrons. The summed E-state index contributed by atoms with van der Waals surface area (Å²) in [5.74, 6) is -1.16. The van der Waals surface area contributed by atoms with Crippen molar-refractivity contribution in [2.45, 2.75) is 219 Å². The van der Waals surface area contributed by atoms with Gasteiger partial charge in [-0.25, -0.2) is 0 Å². The highest BCUT2D eigenvalue weighted by Gasteiger charge is 2.19. The van der Waals surface area contributed by atoms with Gasteiger partial charge in [0.2, 0.25) is 0 Å². The van der Waals surface area contributed by atoms with Gasteiger partial charge in [-0.3, -0.25) is 14.4 Å². The van der Waals surface area contributed by atoms with E-state index in [4.69, 9.17) is 14.2 Å². The lowest BCUT2D eigenvalue weighted by Gasteiger charge is -2.18. The van der Waals surface area contributed by atoms with E-state index in [9.17, 15) is 14.4 Å². The number of rotatable bonds is 54. The molecule has 0 bridgehead atoms. The molecule has 0 aromatic carbocycles. The van der Waals surface area contributed by atoms with Crippen LogP contribution in [0.3, 0.4) is 0 Å². The Kier molecular flexibility index (Phi) is 62.6. The van der Waals surface area contributed by atoms with Crippen molar-refractivity contribution in [3.05, 3.63) is 231 Å². The fraction of sp³-hybridized carbons (Fsp3) is 0.468. The van der Waals surface area contributed by atoms with Gasteiger partial charge in [-0.1, -0.05) is 271 Å². The van der Waals surface area contributed by atoms with Gasteiger partial charge in [0.25, 0.3) is 0 Å². The van der Waals surface area contributed by atoms with Crippen molar-refractivity contribution in [1.82, 2.24) is 0 Å². The van der Waals surface area contributed by atoms with Gasteiger partial charge in [0.05, 0.1) is 0 Å². The highest BCUT2D eigenvalue weighted by Crippen LogP contribution is 2.11. The Labute approximate surface area is 507 Å². The van der Waals surface area contributed by atoms with E-state index < -0.39 is 18.0 Å². The number of allylic oxidation sites excluding steroid dienone is 38. The highest BCUT2D eigenvalue weighted by atomic mass is 16.6. The molecule has 1 unspecified atom stereocenters. The number of esters is 3. The Morgan fingerprint density at radius 1 is 0.241 bits per heavy atom. The smallest absolute Gasteiger partial charge is 0.306 e. The largest absolute Gasteiger partial charge is 0.462 e. The molecular formula is C77H112O6. The summed E-state index contributed by atoms with van der Waals surface area (Å²) in [5.41, 5.74) is 0. The van der Waals surface area contributed by atoms with E-state index in [1.54, 1.807) is 0 Å². The highest BCUT2D eigenvalue weighted by molar-refractivity contribution is 5.71. The summed E-state index contributed by atoms with van der Waals surface area (Å²) in [4.78, 5) is 38.2. The Hall–Kier alpha value is -6.53. The molecule has 0 saturated carbocycles. The van der Waals surface area contributed by atoms with Gasteiger partial charge in [0.1, 0.15) is 13.2 Å². The van der Waals surface area contributed by atoms with E-state index in [1.165, 1.54) is 0 Å². The van der Waals surface area contributed by atoms with Crippen molar-refractivity contribution < 1.29 is 28.6 Å². The summed E-state index contributed by atoms with van der Waals surface area (Å²) in [6.45, 7) is 6.12. The Morgan fingerprint density at radius 2 is 0.458 bits per heavy atom. The van der Waals surface area contributed by atoms with Crippen LogP contribution < -0.4 is 0 Å². The third-order valence-corrected chi connectivity index (χ3v) is 12.2. The van der Waals surface area contributed by atoms with Gasteiger partial charge in [0.15, 0.2) is 6.10 Å². The maximum atomic E-state index is 12.9. The molecule has 0 spiro atoms. The molecule has 0 amide bonds. The summed E-state index contributed by atoms with van der Waals surface area (Å²) in [5, 5.41) is 0. The minimum absolute atomic E-state index is 0.155. The number of ether oxygens (including phenoxy) is 3. The zero-order valence-electron chi connectivity index (χ0n) is 52.1. The van der Waals surface area contributed by atoms with E-state index in [1.807, 2.05) is 24.3 Å². The van der Waals surface area contributed by atoms with Crippen LogP contribution in [0.25, 0.3) is 0 Å². The third-order valence-electron chi connectivity index (χ3n) is 12.2. The van der Waals surface area contributed by atoms with Crippen molar-refractivity contribution in [2.24, 2.45) is 0 Å². The molecule has 0 N–H and O–H groups in total. The number of hydrogen-bond acceptors (Lipinski definition) is 6. The average Bonchev–Trinajstić information content (AvgIpc) is 3.49. The molecule has 0 aliphatic rings. The minimum atomic E-state index is -0.872. The normalized spacial score (nSPS) is 13.7. The van der Waals surface area contributed by atoms with Crippen LogP contribution in [0.2, 0.25) is 0 Å². The molecule has 0 aromatic rings. The molecule has 6 nitrogen and oxygen atoms in total. The van der Waals surface area contributed by atoms with E-state index in [2.05, 4.69) is 227 Å². The molecule has 0 saturated heterocycles. The van der Waals surface area contributed by atoms with Crippen molar-refractivity contribution >= 4 is 17.9 Å². The van der Waals surface area contributed by atoms with Gasteiger partial charge < -0.3 is 14.2 Å². The molecular weight excluding hydrogens is 1020 g/mol. The van der Waals surface area contributed by atoms with Crippen LogP contribution in [-0.2, 0) is 28.6 Å². The first-order chi connectivity index (χ1) is 41.0. The zero-order chi connectivity index (χ0) is 59.9. The van der Waals surface area contributed by atoms with Crippen molar-refractivity contribution in [3.63, 3.8) is 0 Å². The first-order valence-corrected chi connectivity index (χ1v) is 31.9. The van der Waals surface area contributed by atoms with E-state index in [-0.39, 0.29) is 32.0 Å². The monoisotopic (exact) mass is 1130 g/mol. The number of unbranched alkanes of at least 4 members (excludes halogenated alkanes) is 5. The minimum Gasteiger partial charge on any atom is -0.462 e. The van der Waals surface area contributed by atoms with Gasteiger partial charge in [0, 0.05) is 19.3 Å².